The van der Waals surface area contributed by atoms with Gasteiger partial charge >= 0.3 is 12.1 Å². The molecule has 8 nitrogen and oxygen atoms in total. The number of alkyl halides is 3. The minimum atomic E-state index is -5.08. The molecule has 0 radical (unpaired) electrons. The molecule has 2 saturated heterocycles. The van der Waals surface area contributed by atoms with E-state index in [1.54, 1.807) is 18.0 Å². The zero-order valence-corrected chi connectivity index (χ0v) is 18.5. The third kappa shape index (κ3) is 5.84. The van der Waals surface area contributed by atoms with Crippen LogP contribution in [0.3, 0.4) is 0 Å². The molecule has 1 atom stereocenters. The maximum atomic E-state index is 13.2. The van der Waals surface area contributed by atoms with E-state index in [2.05, 4.69) is 22.1 Å². The van der Waals surface area contributed by atoms with Crippen molar-refractivity contribution in [2.75, 3.05) is 31.6 Å². The lowest BCUT2D eigenvalue weighted by Gasteiger charge is -2.39. The van der Waals surface area contributed by atoms with Crippen molar-refractivity contribution in [3.63, 3.8) is 0 Å². The maximum Gasteiger partial charge on any atom is 0.490 e. The normalized spacial score (nSPS) is 21.1. The number of hydrogen-bond acceptors (Lipinski definition) is 5. The molecule has 2 aliphatic heterocycles. The summed E-state index contributed by atoms with van der Waals surface area (Å²) < 4.78 is 38.7. The molecule has 11 heteroatoms. The summed E-state index contributed by atoms with van der Waals surface area (Å²) in [6.45, 7) is 3.56. The molecule has 0 aliphatic carbocycles. The number of rotatable bonds is 4. The predicted octanol–water partition coefficient (Wildman–Crippen LogP) is 3.08. The fourth-order valence-electron chi connectivity index (χ4n) is 4.34. The number of carboxylic acids is 1. The van der Waals surface area contributed by atoms with Gasteiger partial charge < -0.3 is 14.7 Å². The molecule has 1 amide bonds. The molecule has 1 unspecified atom stereocenters. The number of halogens is 3. The van der Waals surface area contributed by atoms with E-state index in [0.717, 1.165) is 56.9 Å². The zero-order valence-electron chi connectivity index (χ0n) is 18.5. The number of nitrogens with zero attached hydrogens (tertiary/aromatic N) is 4. The number of carboxylic acid groups (broad SMARTS) is 1. The average Bonchev–Trinajstić information content (AvgIpc) is 3.32. The van der Waals surface area contributed by atoms with Crippen molar-refractivity contribution >= 4 is 17.6 Å². The Kier molecular flexibility index (Phi) is 7.31. The number of benzene rings is 1. The summed E-state index contributed by atoms with van der Waals surface area (Å²) in [4.78, 5) is 26.5. The van der Waals surface area contributed by atoms with Crippen LogP contribution >= 0.6 is 0 Å². The first-order valence-corrected chi connectivity index (χ1v) is 10.5. The van der Waals surface area contributed by atoms with Crippen molar-refractivity contribution in [2.24, 2.45) is 12.5 Å². The van der Waals surface area contributed by atoms with Crippen molar-refractivity contribution in [1.29, 1.82) is 0 Å². The summed E-state index contributed by atoms with van der Waals surface area (Å²) in [5.41, 5.74) is 1.94. The predicted molar refractivity (Wildman–Crippen MR) is 114 cm³/mol. The molecule has 1 N–H and O–H groups in total. The van der Waals surface area contributed by atoms with Gasteiger partial charge in [-0.15, -0.1) is 0 Å². The standard InChI is InChI=1S/C20H26N4O2.C2HF3O2/c1-22-14-17(12-21-22)24-11-9-20(19(24)25)8-3-10-23(15-20)13-16-4-6-18(26-2)7-5-16;3-2(4,5)1(6)7/h4-7,12,14H,3,8-11,13,15H2,1-2H3;(H,6,7). The van der Waals surface area contributed by atoms with E-state index in [4.69, 9.17) is 14.6 Å². The van der Waals surface area contributed by atoms with Gasteiger partial charge in [-0.2, -0.15) is 18.3 Å². The summed E-state index contributed by atoms with van der Waals surface area (Å²) in [6, 6.07) is 8.22. The molecule has 0 bridgehead atoms. The fraction of sp³-hybridized carbons (Fsp3) is 0.500. The SMILES string of the molecule is COc1ccc(CN2CCCC3(CCN(c4cnn(C)c4)C3=O)C2)cc1.O=C(O)C(F)(F)F. The van der Waals surface area contributed by atoms with Crippen LogP contribution < -0.4 is 9.64 Å². The number of piperidine rings is 1. The number of aryl methyl sites for hydroxylation is 1. The number of amides is 1. The topological polar surface area (TPSA) is 87.9 Å². The van der Waals surface area contributed by atoms with E-state index >= 15 is 0 Å². The van der Waals surface area contributed by atoms with Gasteiger partial charge in [-0.05, 0) is 43.5 Å². The number of aromatic nitrogens is 2. The highest BCUT2D eigenvalue weighted by Gasteiger charge is 2.49. The highest BCUT2D eigenvalue weighted by molar-refractivity contribution is 6.00. The summed E-state index contributed by atoms with van der Waals surface area (Å²) in [5, 5.41) is 11.3. The van der Waals surface area contributed by atoms with E-state index in [1.165, 1.54) is 5.56 Å². The van der Waals surface area contributed by atoms with Crippen molar-refractivity contribution < 1.29 is 32.6 Å². The Morgan fingerprint density at radius 2 is 1.88 bits per heavy atom. The van der Waals surface area contributed by atoms with Gasteiger partial charge in [0.25, 0.3) is 0 Å². The molecule has 0 saturated carbocycles. The van der Waals surface area contributed by atoms with Gasteiger partial charge in [0.05, 0.1) is 24.4 Å². The second-order valence-corrected chi connectivity index (χ2v) is 8.32. The number of ether oxygens (including phenoxy) is 1. The van der Waals surface area contributed by atoms with Gasteiger partial charge in [-0.1, -0.05) is 12.1 Å². The Bertz CT molecular complexity index is 977. The molecule has 1 aromatic heterocycles. The molecule has 2 aromatic rings. The highest BCUT2D eigenvalue weighted by Crippen LogP contribution is 2.42. The van der Waals surface area contributed by atoms with Crippen molar-refractivity contribution in [3.8, 4) is 5.75 Å². The number of anilines is 1. The molecule has 180 valence electrons. The van der Waals surface area contributed by atoms with Gasteiger partial charge in [-0.3, -0.25) is 14.4 Å². The molecule has 4 rings (SSSR count). The first-order valence-electron chi connectivity index (χ1n) is 10.5. The molecule has 3 heterocycles. The summed E-state index contributed by atoms with van der Waals surface area (Å²) >= 11 is 0. The first-order chi connectivity index (χ1) is 15.5. The molecule has 33 heavy (non-hydrogen) atoms. The smallest absolute Gasteiger partial charge is 0.490 e. The van der Waals surface area contributed by atoms with Gasteiger partial charge in [0.2, 0.25) is 5.91 Å². The second-order valence-electron chi connectivity index (χ2n) is 8.32. The van der Waals surface area contributed by atoms with Gasteiger partial charge in [0.1, 0.15) is 5.75 Å². The fourth-order valence-corrected chi connectivity index (χ4v) is 4.34. The molecule has 2 fully saturated rings. The summed E-state index contributed by atoms with van der Waals surface area (Å²) in [5.74, 6) is -1.61. The first kappa shape index (κ1) is 24.6. The molecule has 1 spiro atoms. The third-order valence-corrected chi connectivity index (χ3v) is 5.98. The minimum Gasteiger partial charge on any atom is -0.497 e. The number of likely N-dealkylation sites (tertiary alicyclic amines) is 1. The van der Waals surface area contributed by atoms with E-state index in [9.17, 15) is 18.0 Å². The van der Waals surface area contributed by atoms with Gasteiger partial charge in [0.15, 0.2) is 0 Å². The second kappa shape index (κ2) is 9.82. The Balaban J connectivity index is 0.000000383. The Morgan fingerprint density at radius 1 is 1.21 bits per heavy atom. The van der Waals surface area contributed by atoms with Crippen LogP contribution in [0, 0.1) is 5.41 Å². The molecular weight excluding hydrogens is 441 g/mol. The monoisotopic (exact) mass is 468 g/mol. The van der Waals surface area contributed by atoms with Crippen LogP contribution in [0.5, 0.6) is 5.75 Å². The summed E-state index contributed by atoms with van der Waals surface area (Å²) in [6.07, 6.45) is 1.62. The lowest BCUT2D eigenvalue weighted by Crippen LogP contribution is -2.47. The number of carbonyl (C=O) groups excluding carboxylic acids is 1. The maximum absolute atomic E-state index is 13.2. The number of hydrogen-bond donors (Lipinski definition) is 1. The van der Waals surface area contributed by atoms with E-state index in [-0.39, 0.29) is 11.3 Å². The van der Waals surface area contributed by atoms with Crippen LogP contribution in [0.2, 0.25) is 0 Å². The van der Waals surface area contributed by atoms with Crippen LogP contribution in [0.4, 0.5) is 18.9 Å². The number of carbonyl (C=O) groups is 2. The quantitative estimate of drug-likeness (QED) is 0.742. The van der Waals surface area contributed by atoms with Gasteiger partial charge in [0, 0.05) is 32.9 Å². The van der Waals surface area contributed by atoms with Gasteiger partial charge in [-0.25, -0.2) is 4.79 Å². The number of methoxy groups -OCH3 is 1. The average molecular weight is 468 g/mol. The van der Waals surface area contributed by atoms with Crippen LogP contribution in [-0.4, -0.2) is 64.6 Å². The lowest BCUT2D eigenvalue weighted by atomic mass is 9.78. The third-order valence-electron chi connectivity index (χ3n) is 5.98. The van der Waals surface area contributed by atoms with Crippen molar-refractivity contribution in [3.05, 3.63) is 42.2 Å². The Labute approximate surface area is 189 Å². The van der Waals surface area contributed by atoms with Crippen LogP contribution in [0.1, 0.15) is 24.8 Å². The van der Waals surface area contributed by atoms with E-state index in [1.807, 2.05) is 30.3 Å². The van der Waals surface area contributed by atoms with E-state index in [0.29, 0.717) is 0 Å². The van der Waals surface area contributed by atoms with Crippen LogP contribution in [0.15, 0.2) is 36.7 Å². The molecule has 2 aliphatic rings. The highest BCUT2D eigenvalue weighted by atomic mass is 19.4. The van der Waals surface area contributed by atoms with Crippen LogP contribution in [0.25, 0.3) is 0 Å². The Morgan fingerprint density at radius 3 is 2.42 bits per heavy atom. The van der Waals surface area contributed by atoms with E-state index < -0.39 is 12.1 Å². The number of aliphatic carboxylic acids is 1. The minimum absolute atomic E-state index is 0.236. The van der Waals surface area contributed by atoms with Crippen molar-refractivity contribution in [2.45, 2.75) is 32.0 Å². The molecular formula is C22H27F3N4O4. The molecule has 1 aromatic carbocycles. The zero-order chi connectivity index (χ0) is 24.2. The lowest BCUT2D eigenvalue weighted by molar-refractivity contribution is -0.192. The van der Waals surface area contributed by atoms with Crippen molar-refractivity contribution in [1.82, 2.24) is 14.7 Å². The van der Waals surface area contributed by atoms with Crippen LogP contribution in [-0.2, 0) is 23.2 Å². The summed E-state index contributed by atoms with van der Waals surface area (Å²) in [7, 11) is 3.57. The Hall–Kier alpha value is -3.08. The largest absolute Gasteiger partial charge is 0.497 e.